The third-order valence-electron chi connectivity index (χ3n) is 5.41. The number of carbonyl (C=O) groups excluding carboxylic acids is 1. The zero-order valence-electron chi connectivity index (χ0n) is 19.0. The second-order valence-corrected chi connectivity index (χ2v) is 7.83. The van der Waals surface area contributed by atoms with Gasteiger partial charge in [-0.2, -0.15) is 0 Å². The molecule has 0 aliphatic carbocycles. The minimum absolute atomic E-state index is 0. The highest BCUT2D eigenvalue weighted by molar-refractivity contribution is 14.0. The summed E-state index contributed by atoms with van der Waals surface area (Å²) in [6.45, 7) is 8.36. The summed E-state index contributed by atoms with van der Waals surface area (Å²) < 4.78 is 16.7. The van der Waals surface area contributed by atoms with Crippen LogP contribution < -0.4 is 20.3 Å². The highest BCUT2D eigenvalue weighted by Crippen LogP contribution is 2.31. The molecule has 1 fully saturated rings. The maximum absolute atomic E-state index is 12.2. The summed E-state index contributed by atoms with van der Waals surface area (Å²) in [4.78, 5) is 18.7. The minimum atomic E-state index is -0.00605. The van der Waals surface area contributed by atoms with Crippen molar-refractivity contribution in [3.05, 3.63) is 24.3 Å². The number of anilines is 1. The molecule has 2 aliphatic rings. The maximum atomic E-state index is 12.2. The number of ether oxygens (including phenoxy) is 3. The van der Waals surface area contributed by atoms with Crippen LogP contribution in [-0.2, 0) is 14.3 Å². The van der Waals surface area contributed by atoms with Crippen molar-refractivity contribution in [2.75, 3.05) is 64.1 Å². The highest BCUT2D eigenvalue weighted by Gasteiger charge is 2.24. The Balaban J connectivity index is 0.00000363. The Morgan fingerprint density at radius 2 is 2.03 bits per heavy atom. The molecule has 2 N–H and O–H groups in total. The van der Waals surface area contributed by atoms with Gasteiger partial charge in [0, 0.05) is 52.6 Å². The zero-order chi connectivity index (χ0) is 21.7. The van der Waals surface area contributed by atoms with Crippen LogP contribution in [0.5, 0.6) is 5.75 Å². The number of rotatable bonds is 11. The molecule has 0 unspecified atom stereocenters. The van der Waals surface area contributed by atoms with E-state index in [1.165, 1.54) is 0 Å². The number of guanidine groups is 1. The van der Waals surface area contributed by atoms with Crippen molar-refractivity contribution in [2.45, 2.75) is 32.6 Å². The van der Waals surface area contributed by atoms with E-state index in [0.717, 1.165) is 82.6 Å². The lowest BCUT2D eigenvalue weighted by Gasteiger charge is -2.29. The Hall–Kier alpha value is -1.59. The van der Waals surface area contributed by atoms with Crippen LogP contribution in [0, 0.1) is 5.92 Å². The normalized spacial score (nSPS) is 16.7. The molecule has 0 atom stereocenters. The molecule has 8 nitrogen and oxygen atoms in total. The molecule has 2 heterocycles. The van der Waals surface area contributed by atoms with Crippen molar-refractivity contribution in [3.8, 4) is 5.75 Å². The van der Waals surface area contributed by atoms with Gasteiger partial charge in [0.2, 0.25) is 0 Å². The summed E-state index contributed by atoms with van der Waals surface area (Å²) in [7, 11) is 0. The van der Waals surface area contributed by atoms with E-state index in [0.29, 0.717) is 19.0 Å². The van der Waals surface area contributed by atoms with Gasteiger partial charge in [0.15, 0.2) is 12.6 Å². The number of nitrogens with one attached hydrogen (secondary N) is 2. The summed E-state index contributed by atoms with van der Waals surface area (Å²) in [5, 5.41) is 6.63. The number of amides is 1. The van der Waals surface area contributed by atoms with Crippen LogP contribution in [0.25, 0.3) is 0 Å². The SMILES string of the molecule is CCNC(=NCCCN1C(=O)COc2ccccc21)NCCCOCC1CCOCC1.I. The molecule has 32 heavy (non-hydrogen) atoms. The molecule has 0 saturated carbocycles. The van der Waals surface area contributed by atoms with E-state index in [-0.39, 0.29) is 36.5 Å². The van der Waals surface area contributed by atoms with Crippen molar-refractivity contribution < 1.29 is 19.0 Å². The van der Waals surface area contributed by atoms with E-state index in [2.05, 4.69) is 22.5 Å². The molecule has 9 heteroatoms. The van der Waals surface area contributed by atoms with Gasteiger partial charge < -0.3 is 29.7 Å². The number of para-hydroxylation sites is 2. The van der Waals surface area contributed by atoms with Crippen molar-refractivity contribution in [2.24, 2.45) is 10.9 Å². The van der Waals surface area contributed by atoms with Gasteiger partial charge in [-0.05, 0) is 50.7 Å². The Bertz CT molecular complexity index is 713. The molecule has 0 bridgehead atoms. The summed E-state index contributed by atoms with van der Waals surface area (Å²) in [5.41, 5.74) is 0.841. The fourth-order valence-electron chi connectivity index (χ4n) is 3.70. The fraction of sp³-hybridized carbons (Fsp3) is 0.652. The number of aliphatic imine (C=N–C) groups is 1. The van der Waals surface area contributed by atoms with E-state index in [9.17, 15) is 4.79 Å². The fourth-order valence-corrected chi connectivity index (χ4v) is 3.70. The zero-order valence-corrected chi connectivity index (χ0v) is 21.3. The molecule has 0 spiro atoms. The van der Waals surface area contributed by atoms with E-state index in [1.54, 1.807) is 4.90 Å². The standard InChI is InChI=1S/C23H36N4O4.HI/c1-2-24-23(26-12-6-14-30-17-19-9-15-29-16-10-19)25-11-5-13-27-20-7-3-4-8-21(20)31-18-22(27)28;/h3-4,7-8,19H,2,5-6,9-18H2,1H3,(H2,24,25,26);1H. The van der Waals surface area contributed by atoms with Gasteiger partial charge in [0.05, 0.1) is 5.69 Å². The van der Waals surface area contributed by atoms with Gasteiger partial charge in [-0.1, -0.05) is 12.1 Å². The predicted octanol–water partition coefficient (Wildman–Crippen LogP) is 2.81. The van der Waals surface area contributed by atoms with Crippen molar-refractivity contribution in [1.82, 2.24) is 10.6 Å². The van der Waals surface area contributed by atoms with E-state index >= 15 is 0 Å². The number of halogens is 1. The average Bonchev–Trinajstić information content (AvgIpc) is 2.80. The predicted molar refractivity (Wildman–Crippen MR) is 137 cm³/mol. The van der Waals surface area contributed by atoms with Crippen LogP contribution in [0.3, 0.4) is 0 Å². The number of fused-ring (bicyclic) bond motifs is 1. The monoisotopic (exact) mass is 560 g/mol. The second kappa shape index (κ2) is 15.3. The third kappa shape index (κ3) is 8.74. The first-order chi connectivity index (χ1) is 15.3. The molecule has 2 aliphatic heterocycles. The number of hydrogen-bond donors (Lipinski definition) is 2. The van der Waals surface area contributed by atoms with Crippen molar-refractivity contribution >= 4 is 41.5 Å². The van der Waals surface area contributed by atoms with Gasteiger partial charge >= 0.3 is 0 Å². The quantitative estimate of drug-likeness (QED) is 0.188. The van der Waals surface area contributed by atoms with Crippen LogP contribution in [0.15, 0.2) is 29.3 Å². The molecule has 180 valence electrons. The van der Waals surface area contributed by atoms with Crippen LogP contribution in [0.2, 0.25) is 0 Å². The van der Waals surface area contributed by atoms with E-state index < -0.39 is 0 Å². The molecule has 0 aromatic heterocycles. The molecule has 1 aromatic rings. The Morgan fingerprint density at radius 3 is 2.84 bits per heavy atom. The van der Waals surface area contributed by atoms with E-state index in [1.807, 2.05) is 24.3 Å². The van der Waals surface area contributed by atoms with Gasteiger partial charge in [0.1, 0.15) is 5.75 Å². The summed E-state index contributed by atoms with van der Waals surface area (Å²) in [6.07, 6.45) is 3.94. The van der Waals surface area contributed by atoms with Gasteiger partial charge in [-0.3, -0.25) is 9.79 Å². The first kappa shape index (κ1) is 26.7. The summed E-state index contributed by atoms with van der Waals surface area (Å²) in [5.74, 6) is 2.21. The number of benzene rings is 1. The maximum Gasteiger partial charge on any atom is 0.265 e. The average molecular weight is 560 g/mol. The van der Waals surface area contributed by atoms with Crippen molar-refractivity contribution in [3.63, 3.8) is 0 Å². The Morgan fingerprint density at radius 1 is 1.22 bits per heavy atom. The first-order valence-corrected chi connectivity index (χ1v) is 11.5. The van der Waals surface area contributed by atoms with Crippen LogP contribution in [0.1, 0.15) is 32.6 Å². The van der Waals surface area contributed by atoms with Crippen LogP contribution in [-0.4, -0.2) is 71.1 Å². The largest absolute Gasteiger partial charge is 0.482 e. The van der Waals surface area contributed by atoms with Gasteiger partial charge in [0.25, 0.3) is 5.91 Å². The van der Waals surface area contributed by atoms with Gasteiger partial charge in [-0.15, -0.1) is 24.0 Å². The molecular weight excluding hydrogens is 523 g/mol. The third-order valence-corrected chi connectivity index (χ3v) is 5.41. The number of hydrogen-bond acceptors (Lipinski definition) is 5. The summed E-state index contributed by atoms with van der Waals surface area (Å²) in [6, 6.07) is 7.66. The minimum Gasteiger partial charge on any atom is -0.482 e. The Kier molecular flexibility index (Phi) is 12.7. The van der Waals surface area contributed by atoms with Gasteiger partial charge in [-0.25, -0.2) is 0 Å². The van der Waals surface area contributed by atoms with Crippen LogP contribution >= 0.6 is 24.0 Å². The number of nitrogens with zero attached hydrogens (tertiary/aromatic N) is 2. The first-order valence-electron chi connectivity index (χ1n) is 11.5. The molecular formula is C23H37IN4O4. The summed E-state index contributed by atoms with van der Waals surface area (Å²) >= 11 is 0. The topological polar surface area (TPSA) is 84.4 Å². The van der Waals surface area contributed by atoms with Crippen LogP contribution in [0.4, 0.5) is 5.69 Å². The Labute approximate surface area is 208 Å². The second-order valence-electron chi connectivity index (χ2n) is 7.83. The molecule has 3 rings (SSSR count). The lowest BCUT2D eigenvalue weighted by molar-refractivity contribution is -0.121. The molecule has 0 radical (unpaired) electrons. The number of carbonyl (C=O) groups is 1. The molecule has 1 saturated heterocycles. The lowest BCUT2D eigenvalue weighted by atomic mass is 10.0. The lowest BCUT2D eigenvalue weighted by Crippen LogP contribution is -2.40. The van der Waals surface area contributed by atoms with E-state index in [4.69, 9.17) is 14.2 Å². The molecule has 1 amide bonds. The smallest absolute Gasteiger partial charge is 0.265 e. The highest BCUT2D eigenvalue weighted by atomic mass is 127. The molecule has 1 aromatic carbocycles. The van der Waals surface area contributed by atoms with Crippen molar-refractivity contribution in [1.29, 1.82) is 0 Å².